The Kier molecular flexibility index (Phi) is 7.60. The van der Waals surface area contributed by atoms with Gasteiger partial charge in [0.1, 0.15) is 0 Å². The van der Waals surface area contributed by atoms with Gasteiger partial charge in [-0.25, -0.2) is 4.79 Å². The number of rotatable bonds is 7. The summed E-state index contributed by atoms with van der Waals surface area (Å²) >= 11 is 6.03. The van der Waals surface area contributed by atoms with E-state index in [9.17, 15) is 9.59 Å². The highest BCUT2D eigenvalue weighted by atomic mass is 35.5. The molecule has 0 saturated heterocycles. The average Bonchev–Trinajstić information content (AvgIpc) is 2.68. The predicted octanol–water partition coefficient (Wildman–Crippen LogP) is 4.23. The van der Waals surface area contributed by atoms with Crippen molar-refractivity contribution in [1.29, 1.82) is 5.26 Å². The van der Waals surface area contributed by atoms with Crippen molar-refractivity contribution < 1.29 is 14.3 Å². The van der Waals surface area contributed by atoms with Crippen LogP contribution < -0.4 is 4.90 Å². The summed E-state index contributed by atoms with van der Waals surface area (Å²) in [6, 6.07) is 18.0. The number of para-hydroxylation sites is 1. The molecule has 0 saturated carbocycles. The van der Waals surface area contributed by atoms with E-state index in [-0.39, 0.29) is 13.0 Å². The first-order valence-corrected chi connectivity index (χ1v) is 8.77. The molecular weight excluding hydrogens is 364 g/mol. The van der Waals surface area contributed by atoms with E-state index < -0.39 is 18.0 Å². The SMILES string of the molecule is C[C@@H](OC(=O)/C=C/c1ccccc1Cl)C(=O)N(CCC#N)c1ccccc1. The van der Waals surface area contributed by atoms with E-state index in [1.165, 1.54) is 24.0 Å². The fourth-order valence-electron chi connectivity index (χ4n) is 2.39. The van der Waals surface area contributed by atoms with E-state index in [4.69, 9.17) is 21.6 Å². The molecule has 2 aromatic rings. The molecule has 1 amide bonds. The van der Waals surface area contributed by atoms with Crippen LogP contribution in [-0.4, -0.2) is 24.5 Å². The number of nitriles is 1. The van der Waals surface area contributed by atoms with Gasteiger partial charge in [0.05, 0.1) is 12.5 Å². The third kappa shape index (κ3) is 5.98. The summed E-state index contributed by atoms with van der Waals surface area (Å²) in [7, 11) is 0. The number of carbonyl (C=O) groups is 2. The summed E-state index contributed by atoms with van der Waals surface area (Å²) in [5, 5.41) is 9.35. The molecule has 0 spiro atoms. The Balaban J connectivity index is 2.05. The Morgan fingerprint density at radius 3 is 2.52 bits per heavy atom. The Morgan fingerprint density at radius 1 is 1.19 bits per heavy atom. The monoisotopic (exact) mass is 382 g/mol. The largest absolute Gasteiger partial charge is 0.449 e. The molecule has 5 nitrogen and oxygen atoms in total. The molecule has 0 aromatic heterocycles. The summed E-state index contributed by atoms with van der Waals surface area (Å²) < 4.78 is 5.21. The van der Waals surface area contributed by atoms with Gasteiger partial charge in [0.2, 0.25) is 0 Å². The highest BCUT2D eigenvalue weighted by Gasteiger charge is 2.24. The highest BCUT2D eigenvalue weighted by Crippen LogP contribution is 2.17. The molecule has 0 aliphatic heterocycles. The van der Waals surface area contributed by atoms with Crippen LogP contribution in [0.3, 0.4) is 0 Å². The maximum absolute atomic E-state index is 12.7. The van der Waals surface area contributed by atoms with E-state index in [0.717, 1.165) is 0 Å². The smallest absolute Gasteiger partial charge is 0.331 e. The molecule has 0 aliphatic carbocycles. The number of esters is 1. The van der Waals surface area contributed by atoms with Gasteiger partial charge in [-0.2, -0.15) is 5.26 Å². The fraction of sp³-hybridized carbons (Fsp3) is 0.190. The van der Waals surface area contributed by atoms with Crippen molar-refractivity contribution in [3.63, 3.8) is 0 Å². The molecule has 2 aromatic carbocycles. The number of hydrogen-bond acceptors (Lipinski definition) is 4. The van der Waals surface area contributed by atoms with Crippen LogP contribution in [0.2, 0.25) is 5.02 Å². The van der Waals surface area contributed by atoms with Crippen LogP contribution in [0.15, 0.2) is 60.7 Å². The highest BCUT2D eigenvalue weighted by molar-refractivity contribution is 6.32. The second-order valence-electron chi connectivity index (χ2n) is 5.67. The molecule has 6 heteroatoms. The van der Waals surface area contributed by atoms with Crippen LogP contribution in [0.1, 0.15) is 18.9 Å². The summed E-state index contributed by atoms with van der Waals surface area (Å²) in [4.78, 5) is 26.2. The quantitative estimate of drug-likeness (QED) is 0.530. The summed E-state index contributed by atoms with van der Waals surface area (Å²) in [5.74, 6) is -1.04. The van der Waals surface area contributed by atoms with Gasteiger partial charge < -0.3 is 9.64 Å². The molecule has 138 valence electrons. The topological polar surface area (TPSA) is 70.4 Å². The van der Waals surface area contributed by atoms with Crippen LogP contribution in [0.4, 0.5) is 5.69 Å². The minimum atomic E-state index is -0.993. The van der Waals surface area contributed by atoms with Gasteiger partial charge >= 0.3 is 5.97 Å². The van der Waals surface area contributed by atoms with Crippen LogP contribution >= 0.6 is 11.6 Å². The number of ether oxygens (including phenoxy) is 1. The van der Waals surface area contributed by atoms with E-state index in [1.807, 2.05) is 12.1 Å². The third-order valence-corrected chi connectivity index (χ3v) is 4.07. The summed E-state index contributed by atoms with van der Waals surface area (Å²) in [6.45, 7) is 1.72. The first kappa shape index (κ1) is 20.2. The predicted molar refractivity (Wildman–Crippen MR) is 105 cm³/mol. The molecule has 1 atom stereocenters. The Morgan fingerprint density at radius 2 is 1.85 bits per heavy atom. The second-order valence-corrected chi connectivity index (χ2v) is 6.07. The number of halogens is 1. The van der Waals surface area contributed by atoms with E-state index in [2.05, 4.69) is 0 Å². The van der Waals surface area contributed by atoms with Crippen LogP contribution in [0, 0.1) is 11.3 Å². The molecule has 0 aliphatic rings. The lowest BCUT2D eigenvalue weighted by Crippen LogP contribution is -2.40. The molecule has 0 radical (unpaired) electrons. The zero-order chi connectivity index (χ0) is 19.6. The standard InChI is InChI=1S/C21H19ClN2O3/c1-16(27-20(25)13-12-17-8-5-6-11-19(17)22)21(26)24(15-7-14-23)18-9-3-2-4-10-18/h2-6,8-13,16H,7,15H2,1H3/b13-12+/t16-/m1/s1. The van der Waals surface area contributed by atoms with Crippen molar-refractivity contribution in [2.24, 2.45) is 0 Å². The van der Waals surface area contributed by atoms with Crippen molar-refractivity contribution >= 4 is 35.2 Å². The Labute approximate surface area is 163 Å². The normalized spacial score (nSPS) is 11.6. The zero-order valence-corrected chi connectivity index (χ0v) is 15.6. The minimum absolute atomic E-state index is 0.174. The van der Waals surface area contributed by atoms with Crippen molar-refractivity contribution in [2.45, 2.75) is 19.4 Å². The number of hydrogen-bond donors (Lipinski definition) is 0. The molecule has 0 fully saturated rings. The lowest BCUT2D eigenvalue weighted by molar-refractivity contribution is -0.149. The maximum atomic E-state index is 12.7. The zero-order valence-electron chi connectivity index (χ0n) is 14.8. The molecule has 2 rings (SSSR count). The van der Waals surface area contributed by atoms with E-state index in [0.29, 0.717) is 16.3 Å². The summed E-state index contributed by atoms with van der Waals surface area (Å²) in [5.41, 5.74) is 1.32. The van der Waals surface area contributed by atoms with Crippen molar-refractivity contribution in [1.82, 2.24) is 0 Å². The third-order valence-electron chi connectivity index (χ3n) is 3.73. The van der Waals surface area contributed by atoms with Gasteiger partial charge in [0.25, 0.3) is 5.91 Å². The van der Waals surface area contributed by atoms with Crippen LogP contribution in [0.5, 0.6) is 0 Å². The van der Waals surface area contributed by atoms with Gasteiger partial charge in [0, 0.05) is 23.3 Å². The fourth-order valence-corrected chi connectivity index (χ4v) is 2.59. The first-order valence-electron chi connectivity index (χ1n) is 8.39. The summed E-state index contributed by atoms with van der Waals surface area (Å²) in [6.07, 6.45) is 1.94. The first-order chi connectivity index (χ1) is 13.0. The lowest BCUT2D eigenvalue weighted by atomic mass is 10.2. The number of benzene rings is 2. The second kappa shape index (κ2) is 10.1. The number of anilines is 1. The Bertz CT molecular complexity index is 859. The van der Waals surface area contributed by atoms with Gasteiger partial charge in [-0.15, -0.1) is 0 Å². The average molecular weight is 383 g/mol. The minimum Gasteiger partial charge on any atom is -0.449 e. The number of carbonyl (C=O) groups excluding carboxylic acids is 2. The van der Waals surface area contributed by atoms with E-state index >= 15 is 0 Å². The van der Waals surface area contributed by atoms with E-state index in [1.54, 1.807) is 48.5 Å². The number of amides is 1. The van der Waals surface area contributed by atoms with Crippen LogP contribution in [-0.2, 0) is 14.3 Å². The molecule has 0 heterocycles. The van der Waals surface area contributed by atoms with Crippen molar-refractivity contribution in [3.8, 4) is 6.07 Å². The lowest BCUT2D eigenvalue weighted by Gasteiger charge is -2.24. The van der Waals surface area contributed by atoms with Gasteiger partial charge in [-0.3, -0.25) is 4.79 Å². The van der Waals surface area contributed by atoms with Crippen LogP contribution in [0.25, 0.3) is 6.08 Å². The van der Waals surface area contributed by atoms with Gasteiger partial charge in [0.15, 0.2) is 6.10 Å². The van der Waals surface area contributed by atoms with Gasteiger partial charge in [-0.05, 0) is 36.8 Å². The molecule has 0 bridgehead atoms. The number of nitrogens with zero attached hydrogens (tertiary/aromatic N) is 2. The van der Waals surface area contributed by atoms with Gasteiger partial charge in [-0.1, -0.05) is 48.0 Å². The Hall–Kier alpha value is -3.10. The molecule has 27 heavy (non-hydrogen) atoms. The van der Waals surface area contributed by atoms with Crippen molar-refractivity contribution in [3.05, 3.63) is 71.3 Å². The maximum Gasteiger partial charge on any atom is 0.331 e. The molecular formula is C21H19ClN2O3. The molecule has 0 unspecified atom stereocenters. The molecule has 0 N–H and O–H groups in total. The van der Waals surface area contributed by atoms with Crippen molar-refractivity contribution in [2.75, 3.05) is 11.4 Å².